The first-order valence-corrected chi connectivity index (χ1v) is 3.67. The zero-order valence-electron chi connectivity index (χ0n) is 6.05. The Balaban J connectivity index is 0.000000720. The molecule has 1 aromatic heterocycles. The molecule has 0 aromatic carbocycles. The Morgan fingerprint density at radius 1 is 1.50 bits per heavy atom. The van der Waals surface area contributed by atoms with E-state index < -0.39 is 0 Å². The molecule has 66 valence electrons. The second kappa shape index (κ2) is 3.78. The summed E-state index contributed by atoms with van der Waals surface area (Å²) < 4.78 is 4.57. The summed E-state index contributed by atoms with van der Waals surface area (Å²) in [6, 6.07) is 0.0900. The Morgan fingerprint density at radius 2 is 2.17 bits per heavy atom. The molecule has 2 rings (SSSR count). The van der Waals surface area contributed by atoms with Gasteiger partial charge in [0.05, 0.1) is 12.6 Å². The molecule has 1 aromatic rings. The van der Waals surface area contributed by atoms with Crippen LogP contribution in [0.5, 0.6) is 0 Å². The van der Waals surface area contributed by atoms with Gasteiger partial charge in [-0.15, -0.1) is 0 Å². The van der Waals surface area contributed by atoms with Gasteiger partial charge in [-0.25, -0.2) is 0 Å². The molecule has 2 heterocycles. The van der Waals surface area contributed by atoms with E-state index in [-0.39, 0.29) is 42.2 Å². The van der Waals surface area contributed by atoms with E-state index in [1.165, 1.54) is 4.96 Å². The van der Waals surface area contributed by atoms with Crippen LogP contribution in [0.15, 0.2) is 4.63 Å². The fourth-order valence-corrected chi connectivity index (χ4v) is 1.43. The standard InChI is InChI=1S/C5H11N3O3.Na.H/c9-4-5-2-1-3-6(5)7-8(10)11-7;;/h5,9-10H,1-4H2;;. The van der Waals surface area contributed by atoms with Crippen molar-refractivity contribution in [1.82, 2.24) is 9.98 Å². The molecule has 1 saturated heterocycles. The van der Waals surface area contributed by atoms with Gasteiger partial charge < -0.3 is 10.3 Å². The SMILES string of the molecule is OCC1CCCN1n1on1O.[NaH]. The van der Waals surface area contributed by atoms with E-state index in [0.717, 1.165) is 19.4 Å². The second-order valence-corrected chi connectivity index (χ2v) is 2.73. The van der Waals surface area contributed by atoms with Gasteiger partial charge in [0.15, 0.2) is 0 Å². The van der Waals surface area contributed by atoms with E-state index in [2.05, 4.69) is 4.63 Å². The van der Waals surface area contributed by atoms with Gasteiger partial charge >= 0.3 is 29.6 Å². The van der Waals surface area contributed by atoms with E-state index in [9.17, 15) is 0 Å². The average Bonchev–Trinajstić information content (AvgIpc) is 2.58. The van der Waals surface area contributed by atoms with Gasteiger partial charge in [0, 0.05) is 11.5 Å². The number of aliphatic hydroxyl groups excluding tert-OH is 1. The van der Waals surface area contributed by atoms with Gasteiger partial charge in [0.25, 0.3) is 0 Å². The average molecular weight is 185 g/mol. The van der Waals surface area contributed by atoms with Crippen LogP contribution in [0.2, 0.25) is 0 Å². The van der Waals surface area contributed by atoms with Crippen molar-refractivity contribution in [1.29, 1.82) is 0 Å². The van der Waals surface area contributed by atoms with Crippen LogP contribution < -0.4 is 5.01 Å². The molecule has 2 N–H and O–H groups in total. The van der Waals surface area contributed by atoms with Gasteiger partial charge in [-0.3, -0.25) is 5.01 Å². The Morgan fingerprint density at radius 3 is 2.67 bits per heavy atom. The number of hydrogen-bond donors (Lipinski definition) is 2. The van der Waals surface area contributed by atoms with Gasteiger partial charge in [-0.2, -0.15) is 4.63 Å². The minimum absolute atomic E-state index is 0. The summed E-state index contributed by atoms with van der Waals surface area (Å²) in [5.41, 5.74) is 0. The molecule has 0 aliphatic carbocycles. The summed E-state index contributed by atoms with van der Waals surface area (Å²) in [6.45, 7) is 0.927. The molecule has 0 spiro atoms. The molecule has 6 nitrogen and oxygen atoms in total. The summed E-state index contributed by atoms with van der Waals surface area (Å²) in [5.74, 6) is 0. The molecule has 12 heavy (non-hydrogen) atoms. The Bertz CT molecular complexity index is 231. The molecule has 0 radical (unpaired) electrons. The third-order valence-corrected chi connectivity index (χ3v) is 2.04. The molecular weight excluding hydrogens is 173 g/mol. The van der Waals surface area contributed by atoms with Gasteiger partial charge in [0.2, 0.25) is 0 Å². The first-order chi connectivity index (χ1) is 5.33. The van der Waals surface area contributed by atoms with Crippen molar-refractivity contribution in [2.24, 2.45) is 0 Å². The number of rotatable bonds is 2. The minimum atomic E-state index is 0. The first kappa shape index (κ1) is 10.0. The molecule has 1 aliphatic heterocycles. The molecule has 0 saturated carbocycles. The summed E-state index contributed by atoms with van der Waals surface area (Å²) in [4.78, 5) is 1.24. The van der Waals surface area contributed by atoms with Crippen molar-refractivity contribution >= 4 is 29.6 Å². The van der Waals surface area contributed by atoms with E-state index in [1.807, 2.05) is 0 Å². The Hall–Kier alpha value is -0.0400. The van der Waals surface area contributed by atoms with Crippen molar-refractivity contribution < 1.29 is 14.9 Å². The van der Waals surface area contributed by atoms with Crippen LogP contribution in [0.3, 0.4) is 0 Å². The van der Waals surface area contributed by atoms with Crippen molar-refractivity contribution in [2.45, 2.75) is 18.9 Å². The molecule has 1 fully saturated rings. The van der Waals surface area contributed by atoms with Gasteiger partial charge in [-0.1, -0.05) is 0 Å². The normalized spacial score (nSPS) is 23.1. The van der Waals surface area contributed by atoms with E-state index >= 15 is 0 Å². The van der Waals surface area contributed by atoms with Crippen LogP contribution in [-0.4, -0.2) is 69.0 Å². The van der Waals surface area contributed by atoms with Gasteiger partial charge in [-0.05, 0) is 12.8 Å². The molecule has 0 amide bonds. The Labute approximate surface area is 91.4 Å². The van der Waals surface area contributed by atoms with Crippen LogP contribution in [0.1, 0.15) is 12.8 Å². The third kappa shape index (κ3) is 1.66. The number of nitrogens with zero attached hydrogens (tertiary/aromatic N) is 3. The molecule has 1 atom stereocenters. The van der Waals surface area contributed by atoms with Crippen molar-refractivity contribution in [3.05, 3.63) is 0 Å². The Kier molecular flexibility index (Phi) is 3.16. The number of hydrogen-bond acceptors (Lipinski definition) is 4. The van der Waals surface area contributed by atoms with E-state index in [1.54, 1.807) is 5.01 Å². The molecule has 0 bridgehead atoms. The maximum atomic E-state index is 8.88. The van der Waals surface area contributed by atoms with Crippen LogP contribution in [0, 0.1) is 0 Å². The van der Waals surface area contributed by atoms with Crippen LogP contribution in [0.25, 0.3) is 0 Å². The van der Waals surface area contributed by atoms with E-state index in [0.29, 0.717) is 5.02 Å². The maximum absolute atomic E-state index is 8.88. The van der Waals surface area contributed by atoms with Crippen molar-refractivity contribution in [3.8, 4) is 0 Å². The van der Waals surface area contributed by atoms with Crippen LogP contribution >= 0.6 is 0 Å². The number of aromatic nitrogens is 2. The molecule has 7 heteroatoms. The number of aliphatic hydroxyl groups is 1. The quantitative estimate of drug-likeness (QED) is 0.437. The third-order valence-electron chi connectivity index (χ3n) is 2.04. The fraction of sp³-hybridized carbons (Fsp3) is 1.00. The topological polar surface area (TPSA) is 66.7 Å². The summed E-state index contributed by atoms with van der Waals surface area (Å²) >= 11 is 0. The predicted octanol–water partition coefficient (Wildman–Crippen LogP) is -1.44. The molecular formula is C5H12N3NaO3. The van der Waals surface area contributed by atoms with Crippen molar-refractivity contribution in [3.63, 3.8) is 0 Å². The molecule has 1 aliphatic rings. The first-order valence-electron chi connectivity index (χ1n) is 3.67. The predicted molar refractivity (Wildman–Crippen MR) is 42.2 cm³/mol. The zero-order chi connectivity index (χ0) is 7.84. The summed E-state index contributed by atoms with van der Waals surface area (Å²) in [7, 11) is 0. The second-order valence-electron chi connectivity index (χ2n) is 2.73. The summed E-state index contributed by atoms with van der Waals surface area (Å²) in [6.07, 6.45) is 1.98. The fourth-order valence-electron chi connectivity index (χ4n) is 1.43. The monoisotopic (exact) mass is 185 g/mol. The van der Waals surface area contributed by atoms with Crippen molar-refractivity contribution in [2.75, 3.05) is 18.2 Å². The van der Waals surface area contributed by atoms with E-state index in [4.69, 9.17) is 10.3 Å². The van der Waals surface area contributed by atoms with Gasteiger partial charge in [0.1, 0.15) is 5.02 Å². The van der Waals surface area contributed by atoms with Crippen LogP contribution in [0.4, 0.5) is 0 Å². The summed E-state index contributed by atoms with van der Waals surface area (Å²) in [5, 5.41) is 20.0. The molecule has 1 unspecified atom stereocenters. The van der Waals surface area contributed by atoms with Crippen LogP contribution in [-0.2, 0) is 0 Å². The zero-order valence-corrected chi connectivity index (χ0v) is 6.05.